The van der Waals surface area contributed by atoms with E-state index in [1.165, 1.54) is 4.88 Å². The fourth-order valence-electron chi connectivity index (χ4n) is 2.02. The molecule has 0 saturated heterocycles. The molecule has 96 valence electrons. The molecule has 3 rings (SSSR count). The Kier molecular flexibility index (Phi) is 3.05. The monoisotopic (exact) mass is 271 g/mol. The number of aromatic nitrogens is 2. The number of nitrogen functional groups attached to an aromatic ring is 1. The van der Waals surface area contributed by atoms with E-state index in [0.717, 1.165) is 6.42 Å². The van der Waals surface area contributed by atoms with Crippen LogP contribution in [0.15, 0.2) is 46.8 Å². The quantitative estimate of drug-likeness (QED) is 0.743. The number of thiophene rings is 1. The minimum Gasteiger partial charge on any atom is -0.399 e. The van der Waals surface area contributed by atoms with Crippen LogP contribution in [0.25, 0.3) is 10.9 Å². The topological polar surface area (TPSA) is 60.9 Å². The predicted octanol–water partition coefficient (Wildman–Crippen LogP) is 2.28. The third-order valence-corrected chi connectivity index (χ3v) is 3.96. The molecule has 0 saturated carbocycles. The molecule has 4 nitrogen and oxygen atoms in total. The molecule has 0 aliphatic heterocycles. The Balaban J connectivity index is 1.96. The van der Waals surface area contributed by atoms with Gasteiger partial charge in [0.05, 0.1) is 17.2 Å². The number of aryl methyl sites for hydroxylation is 2. The van der Waals surface area contributed by atoms with Gasteiger partial charge < -0.3 is 5.73 Å². The lowest BCUT2D eigenvalue weighted by Crippen LogP contribution is -2.21. The highest BCUT2D eigenvalue weighted by atomic mass is 32.1. The van der Waals surface area contributed by atoms with Crippen molar-refractivity contribution >= 4 is 27.9 Å². The van der Waals surface area contributed by atoms with Crippen molar-refractivity contribution in [1.82, 2.24) is 9.55 Å². The van der Waals surface area contributed by atoms with Crippen LogP contribution in [-0.2, 0) is 13.0 Å². The second-order valence-corrected chi connectivity index (χ2v) is 5.38. The van der Waals surface area contributed by atoms with Gasteiger partial charge in [0, 0.05) is 17.1 Å². The molecule has 19 heavy (non-hydrogen) atoms. The molecule has 0 aliphatic carbocycles. The van der Waals surface area contributed by atoms with Gasteiger partial charge >= 0.3 is 0 Å². The fourth-order valence-corrected chi connectivity index (χ4v) is 2.72. The van der Waals surface area contributed by atoms with Crippen LogP contribution in [0.3, 0.4) is 0 Å². The summed E-state index contributed by atoms with van der Waals surface area (Å²) in [5.74, 6) is 0. The summed E-state index contributed by atoms with van der Waals surface area (Å²) in [4.78, 5) is 17.9. The minimum absolute atomic E-state index is 0.0335. The highest BCUT2D eigenvalue weighted by Gasteiger charge is 2.05. The highest BCUT2D eigenvalue weighted by Crippen LogP contribution is 2.12. The molecule has 0 atom stereocenters. The average molecular weight is 271 g/mol. The van der Waals surface area contributed by atoms with Crippen molar-refractivity contribution in [2.75, 3.05) is 5.73 Å². The molecule has 0 radical (unpaired) electrons. The standard InChI is InChI=1S/C14H13N3OS/c15-10-3-4-13-12(8-10)14(18)17(9-16-13)6-5-11-2-1-7-19-11/h1-4,7-9H,5-6,15H2. The number of hydrogen-bond acceptors (Lipinski definition) is 4. The smallest absolute Gasteiger partial charge is 0.261 e. The van der Waals surface area contributed by atoms with E-state index in [4.69, 9.17) is 5.73 Å². The van der Waals surface area contributed by atoms with E-state index in [1.54, 1.807) is 40.4 Å². The van der Waals surface area contributed by atoms with Crippen molar-refractivity contribution in [1.29, 1.82) is 0 Å². The highest BCUT2D eigenvalue weighted by molar-refractivity contribution is 7.09. The SMILES string of the molecule is Nc1ccc2ncn(CCc3cccs3)c(=O)c2c1. The van der Waals surface area contributed by atoms with E-state index in [1.807, 2.05) is 11.4 Å². The van der Waals surface area contributed by atoms with Gasteiger partial charge in [0.1, 0.15) is 0 Å². The summed E-state index contributed by atoms with van der Waals surface area (Å²) in [6.45, 7) is 0.636. The predicted molar refractivity (Wildman–Crippen MR) is 78.4 cm³/mol. The zero-order valence-electron chi connectivity index (χ0n) is 10.2. The Morgan fingerprint density at radius 1 is 1.32 bits per heavy atom. The Morgan fingerprint density at radius 2 is 2.21 bits per heavy atom. The number of nitrogens with zero attached hydrogens (tertiary/aromatic N) is 2. The molecule has 5 heteroatoms. The van der Waals surface area contributed by atoms with Crippen LogP contribution in [0.5, 0.6) is 0 Å². The molecule has 1 aromatic carbocycles. The molecular formula is C14H13N3OS. The van der Waals surface area contributed by atoms with E-state index < -0.39 is 0 Å². The second-order valence-electron chi connectivity index (χ2n) is 4.35. The van der Waals surface area contributed by atoms with Gasteiger partial charge in [0.15, 0.2) is 0 Å². The van der Waals surface area contributed by atoms with Crippen molar-refractivity contribution in [3.05, 3.63) is 57.3 Å². The normalized spacial score (nSPS) is 10.9. The van der Waals surface area contributed by atoms with Gasteiger partial charge in [-0.25, -0.2) is 4.98 Å². The number of anilines is 1. The third-order valence-electron chi connectivity index (χ3n) is 3.03. The molecule has 0 spiro atoms. The molecule has 2 heterocycles. The van der Waals surface area contributed by atoms with Crippen LogP contribution in [0.1, 0.15) is 4.88 Å². The number of nitrogens with two attached hydrogens (primary N) is 1. The first-order valence-corrected chi connectivity index (χ1v) is 6.89. The van der Waals surface area contributed by atoms with E-state index in [0.29, 0.717) is 23.1 Å². The summed E-state index contributed by atoms with van der Waals surface area (Å²) in [6, 6.07) is 9.30. The van der Waals surface area contributed by atoms with Crippen molar-refractivity contribution in [3.8, 4) is 0 Å². The van der Waals surface area contributed by atoms with Gasteiger partial charge in [-0.05, 0) is 36.1 Å². The second kappa shape index (κ2) is 4.85. The lowest BCUT2D eigenvalue weighted by atomic mass is 10.2. The third kappa shape index (κ3) is 2.37. The zero-order valence-corrected chi connectivity index (χ0v) is 11.1. The Morgan fingerprint density at radius 3 is 3.00 bits per heavy atom. The van der Waals surface area contributed by atoms with Crippen molar-refractivity contribution in [2.45, 2.75) is 13.0 Å². The summed E-state index contributed by atoms with van der Waals surface area (Å²) in [5, 5.41) is 2.62. The summed E-state index contributed by atoms with van der Waals surface area (Å²) in [5.41, 5.74) is 6.96. The van der Waals surface area contributed by atoms with Crippen molar-refractivity contribution in [3.63, 3.8) is 0 Å². The molecule has 2 aromatic heterocycles. The summed E-state index contributed by atoms with van der Waals surface area (Å²) in [6.07, 6.45) is 2.45. The fraction of sp³-hybridized carbons (Fsp3) is 0.143. The van der Waals surface area contributed by atoms with Crippen molar-refractivity contribution in [2.24, 2.45) is 0 Å². The first-order valence-electron chi connectivity index (χ1n) is 6.01. The molecule has 3 aromatic rings. The maximum absolute atomic E-state index is 12.3. The average Bonchev–Trinajstić information content (AvgIpc) is 2.92. The van der Waals surface area contributed by atoms with Crippen LogP contribution in [-0.4, -0.2) is 9.55 Å². The molecule has 2 N–H and O–H groups in total. The van der Waals surface area contributed by atoms with Crippen LogP contribution in [0, 0.1) is 0 Å². The van der Waals surface area contributed by atoms with Gasteiger partial charge in [-0.15, -0.1) is 11.3 Å². The summed E-state index contributed by atoms with van der Waals surface area (Å²) >= 11 is 1.70. The molecule has 0 fully saturated rings. The zero-order chi connectivity index (χ0) is 13.2. The van der Waals surface area contributed by atoms with Crippen LogP contribution in [0.4, 0.5) is 5.69 Å². The summed E-state index contributed by atoms with van der Waals surface area (Å²) in [7, 11) is 0. The first kappa shape index (κ1) is 11.9. The lowest BCUT2D eigenvalue weighted by Gasteiger charge is -2.06. The van der Waals surface area contributed by atoms with Gasteiger partial charge in [-0.3, -0.25) is 9.36 Å². The van der Waals surface area contributed by atoms with E-state index >= 15 is 0 Å². The Labute approximate surface area is 114 Å². The molecule has 0 aliphatic rings. The van der Waals surface area contributed by atoms with Crippen LogP contribution < -0.4 is 11.3 Å². The Bertz CT molecular complexity index is 762. The van der Waals surface area contributed by atoms with Crippen LogP contribution >= 0.6 is 11.3 Å². The number of rotatable bonds is 3. The van der Waals surface area contributed by atoms with E-state index in [2.05, 4.69) is 11.1 Å². The molecule has 0 amide bonds. The molecular weight excluding hydrogens is 258 g/mol. The van der Waals surface area contributed by atoms with Crippen LogP contribution in [0.2, 0.25) is 0 Å². The number of fused-ring (bicyclic) bond motifs is 1. The molecule has 0 unspecified atom stereocenters. The first-order chi connectivity index (χ1) is 9.24. The number of hydrogen-bond donors (Lipinski definition) is 1. The van der Waals surface area contributed by atoms with Gasteiger partial charge in [0.2, 0.25) is 0 Å². The van der Waals surface area contributed by atoms with Gasteiger partial charge in [-0.2, -0.15) is 0 Å². The van der Waals surface area contributed by atoms with Gasteiger partial charge in [0.25, 0.3) is 5.56 Å². The largest absolute Gasteiger partial charge is 0.399 e. The van der Waals surface area contributed by atoms with Gasteiger partial charge in [-0.1, -0.05) is 6.07 Å². The Hall–Kier alpha value is -2.14. The lowest BCUT2D eigenvalue weighted by molar-refractivity contribution is 0.667. The minimum atomic E-state index is -0.0335. The van der Waals surface area contributed by atoms with E-state index in [9.17, 15) is 4.79 Å². The number of benzene rings is 1. The summed E-state index contributed by atoms with van der Waals surface area (Å²) < 4.78 is 1.64. The van der Waals surface area contributed by atoms with Crippen molar-refractivity contribution < 1.29 is 0 Å². The van der Waals surface area contributed by atoms with E-state index in [-0.39, 0.29) is 5.56 Å². The maximum atomic E-state index is 12.3. The molecule has 0 bridgehead atoms. The maximum Gasteiger partial charge on any atom is 0.261 e.